The molecule has 1 rings (SSSR count). The molecule has 14 heavy (non-hydrogen) atoms. The second-order valence-electron chi connectivity index (χ2n) is 2.61. The second kappa shape index (κ2) is 4.32. The van der Waals surface area contributed by atoms with E-state index in [1.165, 1.54) is 7.11 Å². The first-order chi connectivity index (χ1) is 6.63. The molecule has 4 nitrogen and oxygen atoms in total. The molecule has 1 aromatic carbocycles. The molecule has 4 heteroatoms. The van der Waals surface area contributed by atoms with E-state index in [9.17, 15) is 4.79 Å². The standard InChI is InChI=1S/C10H10O4/c1-14-8-4-2-3-7(5-8)6-9(11)10(12)13/h2-6,11H,1H3,(H,12,13)/b9-6-. The van der Waals surface area contributed by atoms with Crippen LogP contribution in [0.4, 0.5) is 0 Å². The minimum absolute atomic E-state index is 0.573. The first-order valence-electron chi connectivity index (χ1n) is 3.91. The molecule has 0 saturated carbocycles. The van der Waals surface area contributed by atoms with Gasteiger partial charge >= 0.3 is 5.97 Å². The van der Waals surface area contributed by atoms with Crippen LogP contribution in [0.3, 0.4) is 0 Å². The number of methoxy groups -OCH3 is 1. The number of ether oxygens (including phenoxy) is 1. The van der Waals surface area contributed by atoms with Gasteiger partial charge in [-0.3, -0.25) is 0 Å². The Morgan fingerprint density at radius 1 is 1.43 bits per heavy atom. The van der Waals surface area contributed by atoms with Crippen molar-refractivity contribution in [1.29, 1.82) is 0 Å². The molecular formula is C10H10O4. The summed E-state index contributed by atoms with van der Waals surface area (Å²) in [6.45, 7) is 0. The van der Waals surface area contributed by atoms with Crippen molar-refractivity contribution >= 4 is 12.0 Å². The number of benzene rings is 1. The number of rotatable bonds is 3. The minimum Gasteiger partial charge on any atom is -0.502 e. The Balaban J connectivity index is 2.97. The number of carboxylic acids is 1. The summed E-state index contributed by atoms with van der Waals surface area (Å²) in [7, 11) is 1.51. The molecule has 0 atom stereocenters. The summed E-state index contributed by atoms with van der Waals surface area (Å²) < 4.78 is 4.94. The van der Waals surface area contributed by atoms with Crippen molar-refractivity contribution in [3.8, 4) is 5.75 Å². The maximum absolute atomic E-state index is 10.3. The van der Waals surface area contributed by atoms with Crippen molar-refractivity contribution in [3.63, 3.8) is 0 Å². The Bertz CT molecular complexity index is 368. The molecule has 0 amide bonds. The highest BCUT2D eigenvalue weighted by molar-refractivity contribution is 5.89. The van der Waals surface area contributed by atoms with Crippen molar-refractivity contribution in [2.75, 3.05) is 7.11 Å². The molecule has 1 aromatic rings. The van der Waals surface area contributed by atoms with E-state index in [1.54, 1.807) is 24.3 Å². The molecule has 74 valence electrons. The smallest absolute Gasteiger partial charge is 0.370 e. The number of carboxylic acid groups (broad SMARTS) is 1. The van der Waals surface area contributed by atoms with Gasteiger partial charge in [-0.05, 0) is 23.8 Å². The summed E-state index contributed by atoms with van der Waals surface area (Å²) in [5.41, 5.74) is 0.573. The van der Waals surface area contributed by atoms with Crippen LogP contribution in [0.1, 0.15) is 5.56 Å². The summed E-state index contributed by atoms with van der Waals surface area (Å²) in [5, 5.41) is 17.4. The van der Waals surface area contributed by atoms with Gasteiger partial charge in [-0.1, -0.05) is 12.1 Å². The Labute approximate surface area is 81.1 Å². The molecular weight excluding hydrogens is 184 g/mol. The lowest BCUT2D eigenvalue weighted by molar-refractivity contribution is -0.135. The van der Waals surface area contributed by atoms with Crippen LogP contribution in [0, 0.1) is 0 Å². The van der Waals surface area contributed by atoms with Crippen LogP contribution in [0.15, 0.2) is 30.0 Å². The number of hydrogen-bond donors (Lipinski definition) is 2. The van der Waals surface area contributed by atoms with E-state index in [-0.39, 0.29) is 0 Å². The van der Waals surface area contributed by atoms with Crippen molar-refractivity contribution in [1.82, 2.24) is 0 Å². The largest absolute Gasteiger partial charge is 0.502 e. The maximum Gasteiger partial charge on any atom is 0.370 e. The highest BCUT2D eigenvalue weighted by atomic mass is 16.5. The normalized spacial score (nSPS) is 11.1. The zero-order chi connectivity index (χ0) is 10.6. The van der Waals surface area contributed by atoms with Crippen molar-refractivity contribution < 1.29 is 19.7 Å². The summed E-state index contributed by atoms with van der Waals surface area (Å²) in [5.74, 6) is -1.44. The lowest BCUT2D eigenvalue weighted by Crippen LogP contribution is -1.98. The lowest BCUT2D eigenvalue weighted by atomic mass is 10.2. The predicted octanol–water partition coefficient (Wildman–Crippen LogP) is 1.68. The van der Waals surface area contributed by atoms with Gasteiger partial charge in [0.15, 0.2) is 0 Å². The molecule has 0 unspecified atom stereocenters. The van der Waals surface area contributed by atoms with Gasteiger partial charge in [0.2, 0.25) is 5.76 Å². The van der Waals surface area contributed by atoms with Crippen molar-refractivity contribution in [2.45, 2.75) is 0 Å². The highest BCUT2D eigenvalue weighted by Gasteiger charge is 2.03. The number of aliphatic hydroxyl groups excluding tert-OH is 1. The molecule has 2 N–H and O–H groups in total. The van der Waals surface area contributed by atoms with Gasteiger partial charge in [-0.25, -0.2) is 4.79 Å². The van der Waals surface area contributed by atoms with E-state index in [0.717, 1.165) is 6.08 Å². The molecule has 0 bridgehead atoms. The fraction of sp³-hybridized carbons (Fsp3) is 0.100. The Hall–Kier alpha value is -1.97. The minimum atomic E-state index is -1.35. The van der Waals surface area contributed by atoms with Crippen LogP contribution in [-0.2, 0) is 4.79 Å². The first kappa shape index (κ1) is 10.1. The first-order valence-corrected chi connectivity index (χ1v) is 3.91. The number of aliphatic hydroxyl groups is 1. The fourth-order valence-corrected chi connectivity index (χ4v) is 0.951. The van der Waals surface area contributed by atoms with Gasteiger partial charge in [-0.2, -0.15) is 0 Å². The molecule has 0 radical (unpaired) electrons. The quantitative estimate of drug-likeness (QED) is 0.567. The second-order valence-corrected chi connectivity index (χ2v) is 2.61. The summed E-state index contributed by atoms with van der Waals surface area (Å²) in [4.78, 5) is 10.3. The molecule has 0 heterocycles. The number of carbonyl (C=O) groups is 1. The number of hydrogen-bond acceptors (Lipinski definition) is 3. The topological polar surface area (TPSA) is 66.8 Å². The summed E-state index contributed by atoms with van der Waals surface area (Å²) in [6.07, 6.45) is 1.16. The Kier molecular flexibility index (Phi) is 3.12. The van der Waals surface area contributed by atoms with Crippen LogP contribution in [0.25, 0.3) is 6.08 Å². The van der Waals surface area contributed by atoms with Gasteiger partial charge in [0, 0.05) is 0 Å². The van der Waals surface area contributed by atoms with Gasteiger partial charge in [-0.15, -0.1) is 0 Å². The van der Waals surface area contributed by atoms with E-state index in [1.807, 2.05) is 0 Å². The molecule has 0 spiro atoms. The molecule has 0 saturated heterocycles. The Morgan fingerprint density at radius 2 is 2.14 bits per heavy atom. The van der Waals surface area contributed by atoms with Gasteiger partial charge in [0.25, 0.3) is 0 Å². The van der Waals surface area contributed by atoms with E-state index in [0.29, 0.717) is 11.3 Å². The van der Waals surface area contributed by atoms with Crippen LogP contribution < -0.4 is 4.74 Å². The zero-order valence-corrected chi connectivity index (χ0v) is 7.60. The summed E-state index contributed by atoms with van der Waals surface area (Å²) in [6, 6.07) is 6.73. The predicted molar refractivity (Wildman–Crippen MR) is 51.2 cm³/mol. The maximum atomic E-state index is 10.3. The summed E-state index contributed by atoms with van der Waals surface area (Å²) >= 11 is 0. The third-order valence-corrected chi connectivity index (χ3v) is 1.62. The van der Waals surface area contributed by atoms with Gasteiger partial charge < -0.3 is 14.9 Å². The van der Waals surface area contributed by atoms with E-state index < -0.39 is 11.7 Å². The molecule has 0 aliphatic heterocycles. The van der Waals surface area contributed by atoms with Crippen molar-refractivity contribution in [2.24, 2.45) is 0 Å². The average Bonchev–Trinajstić information content (AvgIpc) is 2.18. The van der Waals surface area contributed by atoms with Gasteiger partial charge in [0.05, 0.1) is 7.11 Å². The van der Waals surface area contributed by atoms with Crippen LogP contribution in [0.2, 0.25) is 0 Å². The monoisotopic (exact) mass is 194 g/mol. The van der Waals surface area contributed by atoms with Gasteiger partial charge in [0.1, 0.15) is 5.75 Å². The van der Waals surface area contributed by atoms with Crippen molar-refractivity contribution in [3.05, 3.63) is 35.6 Å². The third-order valence-electron chi connectivity index (χ3n) is 1.62. The van der Waals surface area contributed by atoms with Crippen LogP contribution in [0.5, 0.6) is 5.75 Å². The SMILES string of the molecule is COc1cccc(/C=C(\O)C(=O)O)c1. The van der Waals surface area contributed by atoms with Crippen LogP contribution in [-0.4, -0.2) is 23.3 Å². The highest BCUT2D eigenvalue weighted by Crippen LogP contribution is 2.14. The Morgan fingerprint density at radius 3 is 2.71 bits per heavy atom. The molecule has 0 aliphatic rings. The molecule has 0 aliphatic carbocycles. The number of aliphatic carboxylic acids is 1. The molecule has 0 fully saturated rings. The van der Waals surface area contributed by atoms with Crippen LogP contribution >= 0.6 is 0 Å². The third kappa shape index (κ3) is 2.52. The average molecular weight is 194 g/mol. The van der Waals surface area contributed by atoms with E-state index >= 15 is 0 Å². The lowest BCUT2D eigenvalue weighted by Gasteiger charge is -2.00. The van der Waals surface area contributed by atoms with E-state index in [2.05, 4.69) is 0 Å². The molecule has 0 aromatic heterocycles. The van der Waals surface area contributed by atoms with E-state index in [4.69, 9.17) is 14.9 Å². The zero-order valence-electron chi connectivity index (χ0n) is 7.60. The fourth-order valence-electron chi connectivity index (χ4n) is 0.951.